The third kappa shape index (κ3) is 6.70. The number of benzene rings is 3. The molecule has 6 heteroatoms. The molecule has 1 heterocycles. The van der Waals surface area contributed by atoms with Gasteiger partial charge >= 0.3 is 0 Å². The first-order valence-electron chi connectivity index (χ1n) is 12.2. The number of carbonyl (C=O) groups excluding carboxylic acids is 2. The van der Waals surface area contributed by atoms with Crippen LogP contribution in [0.25, 0.3) is 0 Å². The van der Waals surface area contributed by atoms with E-state index in [0.717, 1.165) is 35.5 Å². The number of aryl methyl sites for hydroxylation is 1. The molecule has 1 aliphatic rings. The van der Waals surface area contributed by atoms with Gasteiger partial charge < -0.3 is 15.0 Å². The summed E-state index contributed by atoms with van der Waals surface area (Å²) in [6, 6.07) is 26.9. The van der Waals surface area contributed by atoms with Gasteiger partial charge in [-0.25, -0.2) is 0 Å². The molecule has 1 unspecified atom stereocenters. The number of hydrogen-bond acceptors (Lipinski definition) is 4. The highest BCUT2D eigenvalue weighted by Gasteiger charge is 2.30. The van der Waals surface area contributed by atoms with Crippen molar-refractivity contribution in [1.29, 1.82) is 0 Å². The highest BCUT2D eigenvalue weighted by molar-refractivity contribution is 5.95. The molecule has 4 rings (SSSR count). The Labute approximate surface area is 207 Å². The Hall–Kier alpha value is -3.64. The highest BCUT2D eigenvalue weighted by Crippen LogP contribution is 2.25. The average Bonchev–Trinajstić information content (AvgIpc) is 3.15. The number of nitrogens with one attached hydrogen (secondary N) is 1. The van der Waals surface area contributed by atoms with Gasteiger partial charge in [-0.15, -0.1) is 0 Å². The number of methoxy groups -OCH3 is 1. The first-order chi connectivity index (χ1) is 17.1. The molecule has 0 aromatic heterocycles. The summed E-state index contributed by atoms with van der Waals surface area (Å²) in [6.45, 7) is 2.73. The van der Waals surface area contributed by atoms with Crippen LogP contribution >= 0.6 is 0 Å². The van der Waals surface area contributed by atoms with Crippen LogP contribution in [0.15, 0.2) is 84.9 Å². The van der Waals surface area contributed by atoms with Crippen molar-refractivity contribution in [2.24, 2.45) is 0 Å². The van der Waals surface area contributed by atoms with E-state index >= 15 is 0 Å². The van der Waals surface area contributed by atoms with Crippen LogP contribution in [0.1, 0.15) is 30.0 Å². The number of rotatable bonds is 8. The van der Waals surface area contributed by atoms with Crippen LogP contribution in [0.3, 0.4) is 0 Å². The summed E-state index contributed by atoms with van der Waals surface area (Å²) < 4.78 is 5.21. The minimum atomic E-state index is -0.411. The van der Waals surface area contributed by atoms with E-state index in [4.69, 9.17) is 4.74 Å². The number of amides is 2. The Bertz CT molecular complexity index is 1090. The molecule has 1 atom stereocenters. The second-order valence-corrected chi connectivity index (χ2v) is 8.79. The number of para-hydroxylation sites is 1. The highest BCUT2D eigenvalue weighted by atomic mass is 16.5. The molecule has 0 bridgehead atoms. The molecule has 2 amide bonds. The molecule has 3 aromatic rings. The van der Waals surface area contributed by atoms with Gasteiger partial charge in [0.15, 0.2) is 0 Å². The van der Waals surface area contributed by atoms with E-state index in [9.17, 15) is 9.59 Å². The lowest BCUT2D eigenvalue weighted by molar-refractivity contribution is -0.131. The fraction of sp³-hybridized carbons (Fsp3) is 0.310. The Morgan fingerprint density at radius 3 is 2.23 bits per heavy atom. The lowest BCUT2D eigenvalue weighted by Gasteiger charge is -2.30. The topological polar surface area (TPSA) is 61.9 Å². The second kappa shape index (κ2) is 12.2. The van der Waals surface area contributed by atoms with E-state index in [1.54, 1.807) is 7.11 Å². The molecule has 0 aliphatic carbocycles. The molecule has 35 heavy (non-hydrogen) atoms. The first kappa shape index (κ1) is 24.5. The number of hydrogen-bond donors (Lipinski definition) is 1. The van der Waals surface area contributed by atoms with Crippen LogP contribution in [0.2, 0.25) is 0 Å². The third-order valence-electron chi connectivity index (χ3n) is 6.44. The molecule has 1 aliphatic heterocycles. The van der Waals surface area contributed by atoms with Crippen LogP contribution < -0.4 is 10.1 Å². The molecule has 1 saturated heterocycles. The molecule has 1 N–H and O–H groups in total. The Balaban J connectivity index is 1.39. The van der Waals surface area contributed by atoms with E-state index in [2.05, 4.69) is 10.2 Å². The monoisotopic (exact) mass is 471 g/mol. The number of anilines is 1. The van der Waals surface area contributed by atoms with Crippen LogP contribution in [0, 0.1) is 0 Å². The Morgan fingerprint density at radius 2 is 1.54 bits per heavy atom. The number of nitrogens with zero attached hydrogens (tertiary/aromatic N) is 2. The predicted molar refractivity (Wildman–Crippen MR) is 138 cm³/mol. The minimum absolute atomic E-state index is 0.0540. The largest absolute Gasteiger partial charge is 0.497 e. The van der Waals surface area contributed by atoms with Crippen molar-refractivity contribution in [2.45, 2.75) is 25.3 Å². The van der Waals surface area contributed by atoms with Crippen LogP contribution in [-0.2, 0) is 16.0 Å². The van der Waals surface area contributed by atoms with Crippen molar-refractivity contribution in [3.63, 3.8) is 0 Å². The summed E-state index contributed by atoms with van der Waals surface area (Å²) in [5.41, 5.74) is 2.86. The zero-order chi connectivity index (χ0) is 24.5. The van der Waals surface area contributed by atoms with Crippen molar-refractivity contribution < 1.29 is 14.3 Å². The molecule has 0 radical (unpaired) electrons. The van der Waals surface area contributed by atoms with E-state index in [1.165, 1.54) is 0 Å². The molecule has 3 aromatic carbocycles. The van der Waals surface area contributed by atoms with Crippen LogP contribution in [0.4, 0.5) is 5.69 Å². The van der Waals surface area contributed by atoms with Crippen LogP contribution in [0.5, 0.6) is 5.75 Å². The molecular weight excluding hydrogens is 438 g/mol. The quantitative estimate of drug-likeness (QED) is 0.524. The van der Waals surface area contributed by atoms with Crippen molar-refractivity contribution in [1.82, 2.24) is 9.80 Å². The maximum atomic E-state index is 13.4. The molecule has 0 spiro atoms. The molecule has 1 fully saturated rings. The van der Waals surface area contributed by atoms with Gasteiger partial charge in [0.2, 0.25) is 11.8 Å². The maximum Gasteiger partial charge on any atom is 0.246 e. The van der Waals surface area contributed by atoms with E-state index in [1.807, 2.05) is 89.8 Å². The van der Waals surface area contributed by atoms with E-state index in [0.29, 0.717) is 32.5 Å². The van der Waals surface area contributed by atoms with Crippen molar-refractivity contribution in [3.05, 3.63) is 96.1 Å². The van der Waals surface area contributed by atoms with Gasteiger partial charge in [-0.05, 0) is 48.2 Å². The summed E-state index contributed by atoms with van der Waals surface area (Å²) in [5.74, 6) is 0.923. The third-order valence-corrected chi connectivity index (χ3v) is 6.44. The second-order valence-electron chi connectivity index (χ2n) is 8.79. The van der Waals surface area contributed by atoms with E-state index in [-0.39, 0.29) is 11.8 Å². The van der Waals surface area contributed by atoms with Gasteiger partial charge in [0.25, 0.3) is 0 Å². The zero-order valence-corrected chi connectivity index (χ0v) is 20.2. The number of carbonyl (C=O) groups is 2. The maximum absolute atomic E-state index is 13.4. The molecule has 6 nitrogen and oxygen atoms in total. The van der Waals surface area contributed by atoms with Crippen molar-refractivity contribution in [3.8, 4) is 5.75 Å². The fourth-order valence-corrected chi connectivity index (χ4v) is 4.54. The van der Waals surface area contributed by atoms with Gasteiger partial charge in [-0.2, -0.15) is 0 Å². The van der Waals surface area contributed by atoms with E-state index < -0.39 is 6.04 Å². The zero-order valence-electron chi connectivity index (χ0n) is 20.2. The van der Waals surface area contributed by atoms with Gasteiger partial charge in [-0.1, -0.05) is 60.7 Å². The smallest absolute Gasteiger partial charge is 0.246 e. The summed E-state index contributed by atoms with van der Waals surface area (Å²) in [5, 5.41) is 3.07. The normalized spacial score (nSPS) is 15.2. The molecule has 182 valence electrons. The molecular formula is C29H33N3O3. The summed E-state index contributed by atoms with van der Waals surface area (Å²) in [4.78, 5) is 30.5. The summed E-state index contributed by atoms with van der Waals surface area (Å²) in [7, 11) is 1.65. The standard InChI is InChI=1S/C29H33N3O3/c1-35-26-16-13-23(14-17-26)15-18-27(33)31-19-8-20-32(22-21-31)28(24-9-4-2-5-10-24)29(34)30-25-11-6-3-7-12-25/h2-7,9-14,16-17,28H,8,15,18-22H2,1H3,(H,30,34). The van der Waals surface area contributed by atoms with Gasteiger partial charge in [0, 0.05) is 38.3 Å². The summed E-state index contributed by atoms with van der Waals surface area (Å²) >= 11 is 0. The lowest BCUT2D eigenvalue weighted by Crippen LogP contribution is -2.40. The fourth-order valence-electron chi connectivity index (χ4n) is 4.54. The van der Waals surface area contributed by atoms with Crippen molar-refractivity contribution >= 4 is 17.5 Å². The van der Waals surface area contributed by atoms with Crippen LogP contribution in [-0.4, -0.2) is 54.9 Å². The van der Waals surface area contributed by atoms with Gasteiger partial charge in [0.05, 0.1) is 7.11 Å². The number of ether oxygens (including phenoxy) is 1. The first-order valence-corrected chi connectivity index (χ1v) is 12.2. The SMILES string of the molecule is COc1ccc(CCC(=O)N2CCCN(C(C(=O)Nc3ccccc3)c3ccccc3)CC2)cc1. The average molecular weight is 472 g/mol. The molecule has 0 saturated carbocycles. The minimum Gasteiger partial charge on any atom is -0.497 e. The Kier molecular flexibility index (Phi) is 8.52. The lowest BCUT2D eigenvalue weighted by atomic mass is 10.0. The Morgan fingerprint density at radius 1 is 0.857 bits per heavy atom. The van der Waals surface area contributed by atoms with Gasteiger partial charge in [-0.3, -0.25) is 14.5 Å². The van der Waals surface area contributed by atoms with Crippen molar-refractivity contribution in [2.75, 3.05) is 38.6 Å². The predicted octanol–water partition coefficient (Wildman–Crippen LogP) is 4.54. The summed E-state index contributed by atoms with van der Waals surface area (Å²) in [6.07, 6.45) is 2.01. The van der Waals surface area contributed by atoms with Gasteiger partial charge in [0.1, 0.15) is 11.8 Å².